The van der Waals surface area contributed by atoms with Crippen LogP contribution >= 0.6 is 0 Å². The Morgan fingerprint density at radius 1 is 1.42 bits per heavy atom. The predicted octanol–water partition coefficient (Wildman–Crippen LogP) is 2.38. The molecule has 0 bridgehead atoms. The molecule has 0 aliphatic carbocycles. The average molecular weight is 358 g/mol. The van der Waals surface area contributed by atoms with Crippen LogP contribution in [-0.2, 0) is 16.1 Å². The summed E-state index contributed by atoms with van der Waals surface area (Å²) in [6, 6.07) is 8.19. The summed E-state index contributed by atoms with van der Waals surface area (Å²) in [6.45, 7) is 2.91. The number of methoxy groups -OCH3 is 2. The zero-order valence-corrected chi connectivity index (χ0v) is 15.3. The van der Waals surface area contributed by atoms with Crippen LogP contribution in [0.5, 0.6) is 5.75 Å². The molecule has 1 saturated heterocycles. The number of likely N-dealkylation sites (tertiary alicyclic amines) is 1. The van der Waals surface area contributed by atoms with Gasteiger partial charge in [-0.3, -0.25) is 14.8 Å². The van der Waals surface area contributed by atoms with Crippen LogP contribution < -0.4 is 10.1 Å². The van der Waals surface area contributed by atoms with Crippen molar-refractivity contribution < 1.29 is 14.3 Å². The Labute approximate surface area is 153 Å². The number of rotatable bonds is 7. The van der Waals surface area contributed by atoms with Gasteiger partial charge in [0, 0.05) is 26.1 Å². The molecule has 7 nitrogen and oxygen atoms in total. The first-order chi connectivity index (χ1) is 12.7. The Morgan fingerprint density at radius 3 is 3.12 bits per heavy atom. The molecule has 7 heteroatoms. The van der Waals surface area contributed by atoms with E-state index in [0.29, 0.717) is 5.92 Å². The topological polar surface area (TPSA) is 79.5 Å². The molecule has 1 amide bonds. The first-order valence-corrected chi connectivity index (χ1v) is 8.87. The van der Waals surface area contributed by atoms with Crippen LogP contribution in [0, 0.1) is 0 Å². The van der Waals surface area contributed by atoms with Crippen molar-refractivity contribution in [2.24, 2.45) is 0 Å². The average Bonchev–Trinajstić information content (AvgIpc) is 3.10. The Bertz CT molecular complexity index is 731. The Balaban J connectivity index is 1.65. The van der Waals surface area contributed by atoms with Crippen LogP contribution in [0.15, 0.2) is 30.5 Å². The number of piperidine rings is 1. The van der Waals surface area contributed by atoms with E-state index in [4.69, 9.17) is 9.47 Å². The van der Waals surface area contributed by atoms with Crippen molar-refractivity contribution in [1.29, 1.82) is 0 Å². The molecule has 3 rings (SSSR count). The molecule has 1 aliphatic rings. The molecule has 0 spiro atoms. The number of amides is 1. The number of hydrogen-bond acceptors (Lipinski definition) is 5. The van der Waals surface area contributed by atoms with Gasteiger partial charge in [0.15, 0.2) is 0 Å². The molecule has 26 heavy (non-hydrogen) atoms. The lowest BCUT2D eigenvalue weighted by molar-refractivity contribution is -0.119. The minimum atomic E-state index is -0.167. The van der Waals surface area contributed by atoms with E-state index in [-0.39, 0.29) is 12.5 Å². The van der Waals surface area contributed by atoms with Crippen molar-refractivity contribution in [3.8, 4) is 5.75 Å². The van der Waals surface area contributed by atoms with Crippen molar-refractivity contribution in [2.45, 2.75) is 25.3 Å². The standard InChI is InChI=1S/C19H26N4O3/c1-25-13-18(24)21-17-10-20-22-19(17)15-6-4-8-23(12-15)11-14-5-3-7-16(9-14)26-2/h3,5,7,9-10,15H,4,6,8,11-13H2,1-2H3,(H,20,22)(H,21,24)/t15-/m1/s1. The van der Waals surface area contributed by atoms with Gasteiger partial charge in [-0.2, -0.15) is 5.10 Å². The summed E-state index contributed by atoms with van der Waals surface area (Å²) < 4.78 is 10.2. The van der Waals surface area contributed by atoms with Gasteiger partial charge in [0.25, 0.3) is 0 Å². The molecular formula is C19H26N4O3. The maximum Gasteiger partial charge on any atom is 0.250 e. The van der Waals surface area contributed by atoms with E-state index in [1.165, 1.54) is 12.7 Å². The Morgan fingerprint density at radius 2 is 2.31 bits per heavy atom. The number of carbonyl (C=O) groups excluding carboxylic acids is 1. The van der Waals surface area contributed by atoms with E-state index in [1.54, 1.807) is 13.3 Å². The maximum atomic E-state index is 11.8. The molecule has 0 radical (unpaired) electrons. The van der Waals surface area contributed by atoms with Gasteiger partial charge in [-0.05, 0) is 37.1 Å². The van der Waals surface area contributed by atoms with Crippen molar-refractivity contribution in [3.63, 3.8) is 0 Å². The van der Waals surface area contributed by atoms with Crippen molar-refractivity contribution >= 4 is 11.6 Å². The van der Waals surface area contributed by atoms with E-state index in [9.17, 15) is 4.79 Å². The van der Waals surface area contributed by atoms with Crippen LogP contribution in [0.4, 0.5) is 5.69 Å². The number of carbonyl (C=O) groups is 1. The van der Waals surface area contributed by atoms with Gasteiger partial charge in [-0.15, -0.1) is 0 Å². The van der Waals surface area contributed by atoms with Crippen LogP contribution in [0.25, 0.3) is 0 Å². The molecule has 1 fully saturated rings. The normalized spacial score (nSPS) is 17.8. The summed E-state index contributed by atoms with van der Waals surface area (Å²) in [5.74, 6) is 1.03. The third-order valence-electron chi connectivity index (χ3n) is 4.67. The van der Waals surface area contributed by atoms with E-state index in [1.807, 2.05) is 12.1 Å². The molecule has 1 atom stereocenters. The fraction of sp³-hybridized carbons (Fsp3) is 0.474. The van der Waals surface area contributed by atoms with Crippen LogP contribution in [0.1, 0.15) is 30.0 Å². The molecule has 0 saturated carbocycles. The Hall–Kier alpha value is -2.38. The second-order valence-electron chi connectivity index (χ2n) is 6.60. The first-order valence-electron chi connectivity index (χ1n) is 8.87. The summed E-state index contributed by atoms with van der Waals surface area (Å²) >= 11 is 0. The number of aromatic amines is 1. The lowest BCUT2D eigenvalue weighted by Gasteiger charge is -2.32. The lowest BCUT2D eigenvalue weighted by atomic mass is 9.93. The SMILES string of the molecule is COCC(=O)Nc1cn[nH]c1[C@@H]1CCCN(Cc2cccc(OC)c2)C1. The largest absolute Gasteiger partial charge is 0.497 e. The minimum absolute atomic E-state index is 0.0389. The molecule has 1 aromatic heterocycles. The highest BCUT2D eigenvalue weighted by Crippen LogP contribution is 2.31. The predicted molar refractivity (Wildman–Crippen MR) is 99.3 cm³/mol. The molecule has 1 aliphatic heterocycles. The van der Waals surface area contributed by atoms with E-state index in [0.717, 1.165) is 49.6 Å². The molecule has 0 unspecified atom stereocenters. The number of aromatic nitrogens is 2. The minimum Gasteiger partial charge on any atom is -0.497 e. The van der Waals surface area contributed by atoms with Gasteiger partial charge >= 0.3 is 0 Å². The lowest BCUT2D eigenvalue weighted by Crippen LogP contribution is -2.34. The number of nitrogens with zero attached hydrogens (tertiary/aromatic N) is 2. The van der Waals surface area contributed by atoms with Crippen LogP contribution in [-0.4, -0.2) is 54.9 Å². The van der Waals surface area contributed by atoms with Gasteiger partial charge in [-0.25, -0.2) is 0 Å². The third-order valence-corrected chi connectivity index (χ3v) is 4.67. The summed E-state index contributed by atoms with van der Waals surface area (Å²) in [5.41, 5.74) is 2.98. The second kappa shape index (κ2) is 8.82. The fourth-order valence-corrected chi connectivity index (χ4v) is 3.49. The van der Waals surface area contributed by atoms with Gasteiger partial charge in [0.05, 0.1) is 24.7 Å². The van der Waals surface area contributed by atoms with Crippen molar-refractivity contribution in [2.75, 3.05) is 39.2 Å². The first kappa shape index (κ1) is 18.4. The highest BCUT2D eigenvalue weighted by atomic mass is 16.5. The smallest absolute Gasteiger partial charge is 0.250 e. The summed E-state index contributed by atoms with van der Waals surface area (Å²) in [5, 5.41) is 10.1. The van der Waals surface area contributed by atoms with E-state index < -0.39 is 0 Å². The number of nitrogens with one attached hydrogen (secondary N) is 2. The van der Waals surface area contributed by atoms with E-state index in [2.05, 4.69) is 32.5 Å². The monoisotopic (exact) mass is 358 g/mol. The molecule has 2 N–H and O–H groups in total. The molecule has 140 valence electrons. The maximum absolute atomic E-state index is 11.8. The number of ether oxygens (including phenoxy) is 2. The quantitative estimate of drug-likeness (QED) is 0.794. The third kappa shape index (κ3) is 4.62. The van der Waals surface area contributed by atoms with Crippen molar-refractivity contribution in [1.82, 2.24) is 15.1 Å². The number of anilines is 1. The summed E-state index contributed by atoms with van der Waals surface area (Å²) in [6.07, 6.45) is 3.85. The molecule has 2 heterocycles. The van der Waals surface area contributed by atoms with Gasteiger partial charge in [0.1, 0.15) is 12.4 Å². The highest BCUT2D eigenvalue weighted by Gasteiger charge is 2.25. The van der Waals surface area contributed by atoms with Gasteiger partial charge < -0.3 is 14.8 Å². The van der Waals surface area contributed by atoms with Gasteiger partial charge in [0.2, 0.25) is 5.91 Å². The molecule has 1 aromatic carbocycles. The Kier molecular flexibility index (Phi) is 6.25. The molecule has 2 aromatic rings. The van der Waals surface area contributed by atoms with Crippen LogP contribution in [0.3, 0.4) is 0 Å². The number of hydrogen-bond donors (Lipinski definition) is 2. The molecular weight excluding hydrogens is 332 g/mol. The number of benzene rings is 1. The van der Waals surface area contributed by atoms with Crippen molar-refractivity contribution in [3.05, 3.63) is 41.7 Å². The second-order valence-corrected chi connectivity index (χ2v) is 6.60. The zero-order chi connectivity index (χ0) is 18.4. The van der Waals surface area contributed by atoms with Crippen LogP contribution in [0.2, 0.25) is 0 Å². The van der Waals surface area contributed by atoms with Gasteiger partial charge in [-0.1, -0.05) is 12.1 Å². The summed E-state index contributed by atoms with van der Waals surface area (Å²) in [7, 11) is 3.20. The summed E-state index contributed by atoms with van der Waals surface area (Å²) in [4.78, 5) is 14.2. The highest BCUT2D eigenvalue weighted by molar-refractivity contribution is 5.92. The fourth-order valence-electron chi connectivity index (χ4n) is 3.49. The van der Waals surface area contributed by atoms with E-state index >= 15 is 0 Å². The number of H-pyrrole nitrogens is 1. The zero-order valence-electron chi connectivity index (χ0n) is 15.3.